The summed E-state index contributed by atoms with van der Waals surface area (Å²) in [7, 11) is -4.01. The molecule has 8 nitrogen and oxygen atoms in total. The second-order valence-electron chi connectivity index (χ2n) is 3.34. The van der Waals surface area contributed by atoms with Gasteiger partial charge >= 0.3 is 5.97 Å². The molecule has 0 bridgehead atoms. The highest BCUT2D eigenvalue weighted by Gasteiger charge is 2.22. The third-order valence-corrected chi connectivity index (χ3v) is 5.28. The number of carboxylic acids is 1. The van der Waals surface area contributed by atoms with E-state index >= 15 is 0 Å². The SMILES string of the molecule is O=C(O)c1cc(S(=O)(=O)Nc2nnns2)cc(Br)c1Cl. The summed E-state index contributed by atoms with van der Waals surface area (Å²) in [6, 6.07) is 2.14. The van der Waals surface area contributed by atoms with Crippen molar-refractivity contribution >= 4 is 60.2 Å². The standard InChI is InChI=1S/C8H4BrClN4O4S2/c9-5-2-3(1-4(6(5)10)7(15)16)20(17,18)12-8-11-13-14-19-8/h1-2H,(H,15,16)(H,11,12,14). The molecule has 1 heterocycles. The van der Waals surface area contributed by atoms with Gasteiger partial charge in [0.15, 0.2) is 0 Å². The molecule has 0 unspecified atom stereocenters. The fourth-order valence-corrected chi connectivity index (χ4v) is 3.66. The number of sulfonamides is 1. The van der Waals surface area contributed by atoms with Gasteiger partial charge in [-0.05, 0) is 33.3 Å². The zero-order valence-electron chi connectivity index (χ0n) is 9.24. The van der Waals surface area contributed by atoms with Crippen molar-refractivity contribution in [3.8, 4) is 0 Å². The van der Waals surface area contributed by atoms with Crippen LogP contribution in [0, 0.1) is 0 Å². The van der Waals surface area contributed by atoms with Crippen molar-refractivity contribution in [2.45, 2.75) is 4.90 Å². The molecular formula is C8H4BrClN4O4S2. The highest BCUT2D eigenvalue weighted by atomic mass is 79.9. The summed E-state index contributed by atoms with van der Waals surface area (Å²) < 4.78 is 29.8. The van der Waals surface area contributed by atoms with Crippen LogP contribution in [-0.4, -0.2) is 34.3 Å². The van der Waals surface area contributed by atoms with Gasteiger partial charge in [0, 0.05) is 16.0 Å². The minimum absolute atomic E-state index is 0.0343. The van der Waals surface area contributed by atoms with Crippen molar-refractivity contribution in [3.63, 3.8) is 0 Å². The van der Waals surface area contributed by atoms with Crippen molar-refractivity contribution < 1.29 is 18.3 Å². The fourth-order valence-electron chi connectivity index (χ4n) is 1.22. The molecule has 0 aliphatic heterocycles. The lowest BCUT2D eigenvalue weighted by Gasteiger charge is -2.08. The Morgan fingerprint density at radius 3 is 2.70 bits per heavy atom. The molecule has 106 valence electrons. The molecule has 0 spiro atoms. The van der Waals surface area contributed by atoms with Crippen LogP contribution in [0.5, 0.6) is 0 Å². The number of rotatable bonds is 4. The molecule has 0 radical (unpaired) electrons. The molecule has 0 aliphatic rings. The van der Waals surface area contributed by atoms with Crippen molar-refractivity contribution in [1.29, 1.82) is 0 Å². The minimum atomic E-state index is -4.01. The molecule has 1 aromatic carbocycles. The number of carboxylic acid groups (broad SMARTS) is 1. The predicted octanol–water partition coefficient (Wildman–Crippen LogP) is 1.85. The van der Waals surface area contributed by atoms with Crippen molar-refractivity contribution in [2.75, 3.05) is 4.72 Å². The lowest BCUT2D eigenvalue weighted by Crippen LogP contribution is -2.14. The molecule has 2 N–H and O–H groups in total. The number of nitrogens with one attached hydrogen (secondary N) is 1. The summed E-state index contributed by atoms with van der Waals surface area (Å²) in [5, 5.41) is 15.5. The summed E-state index contributed by atoms with van der Waals surface area (Å²) in [6.07, 6.45) is 0. The van der Waals surface area contributed by atoms with Crippen molar-refractivity contribution in [2.24, 2.45) is 0 Å². The van der Waals surface area contributed by atoms with Crippen LogP contribution in [0.25, 0.3) is 0 Å². The Labute approximate surface area is 130 Å². The molecule has 0 fully saturated rings. The first-order valence-corrected chi connectivity index (χ1v) is 8.14. The average molecular weight is 400 g/mol. The maximum Gasteiger partial charge on any atom is 0.337 e. The largest absolute Gasteiger partial charge is 0.478 e. The topological polar surface area (TPSA) is 122 Å². The van der Waals surface area contributed by atoms with Gasteiger partial charge in [0.1, 0.15) is 0 Å². The summed E-state index contributed by atoms with van der Waals surface area (Å²) in [5.41, 5.74) is -0.336. The van der Waals surface area contributed by atoms with Crippen LogP contribution in [-0.2, 0) is 10.0 Å². The normalized spacial score (nSPS) is 11.3. The molecule has 2 aromatic rings. The first kappa shape index (κ1) is 15.1. The Morgan fingerprint density at radius 1 is 1.45 bits per heavy atom. The van der Waals surface area contributed by atoms with Crippen molar-refractivity contribution in [3.05, 3.63) is 27.2 Å². The molecule has 0 saturated heterocycles. The van der Waals surface area contributed by atoms with Gasteiger partial charge in [-0.2, -0.15) is 0 Å². The first-order valence-electron chi connectivity index (χ1n) is 4.71. The number of benzene rings is 1. The van der Waals surface area contributed by atoms with E-state index in [1.54, 1.807) is 0 Å². The van der Waals surface area contributed by atoms with Crippen LogP contribution in [0.3, 0.4) is 0 Å². The van der Waals surface area contributed by atoms with E-state index in [9.17, 15) is 13.2 Å². The lowest BCUT2D eigenvalue weighted by molar-refractivity contribution is 0.0696. The van der Waals surface area contributed by atoms with Crippen molar-refractivity contribution in [1.82, 2.24) is 14.8 Å². The van der Waals surface area contributed by atoms with E-state index in [2.05, 4.69) is 35.5 Å². The number of aromatic nitrogens is 3. The number of hydrogen-bond donors (Lipinski definition) is 2. The monoisotopic (exact) mass is 398 g/mol. The molecule has 0 aliphatic carbocycles. The molecule has 0 saturated carbocycles. The van der Waals surface area contributed by atoms with E-state index in [0.717, 1.165) is 17.6 Å². The molecule has 12 heteroatoms. The van der Waals surface area contributed by atoms with Gasteiger partial charge in [-0.1, -0.05) is 21.2 Å². The Morgan fingerprint density at radius 2 is 2.15 bits per heavy atom. The highest BCUT2D eigenvalue weighted by Crippen LogP contribution is 2.30. The third kappa shape index (κ3) is 3.06. The van der Waals surface area contributed by atoms with E-state index in [-0.39, 0.29) is 25.1 Å². The van der Waals surface area contributed by atoms with E-state index in [4.69, 9.17) is 16.7 Å². The van der Waals surface area contributed by atoms with Crippen LogP contribution in [0.1, 0.15) is 10.4 Å². The fraction of sp³-hybridized carbons (Fsp3) is 0. The number of halogens is 2. The smallest absolute Gasteiger partial charge is 0.337 e. The van der Waals surface area contributed by atoms with Crippen LogP contribution in [0.15, 0.2) is 21.5 Å². The molecule has 0 atom stereocenters. The Bertz CT molecular complexity index is 765. The maximum absolute atomic E-state index is 12.1. The third-order valence-electron chi connectivity index (χ3n) is 2.06. The van der Waals surface area contributed by atoms with E-state index < -0.39 is 16.0 Å². The maximum atomic E-state index is 12.1. The summed E-state index contributed by atoms with van der Waals surface area (Å²) in [6.45, 7) is 0. The van der Waals surface area contributed by atoms with E-state index in [0.29, 0.717) is 0 Å². The summed E-state index contributed by atoms with van der Waals surface area (Å²) in [5.74, 6) is -1.34. The molecule has 2 rings (SSSR count). The Hall–Kier alpha value is -1.30. The quantitative estimate of drug-likeness (QED) is 0.804. The van der Waals surface area contributed by atoms with Gasteiger partial charge in [0.2, 0.25) is 5.13 Å². The predicted molar refractivity (Wildman–Crippen MR) is 74.6 cm³/mol. The molecule has 20 heavy (non-hydrogen) atoms. The molecule has 0 amide bonds. The van der Waals surface area contributed by atoms with Gasteiger partial charge in [-0.3, -0.25) is 4.72 Å². The molecular weight excluding hydrogens is 396 g/mol. The van der Waals surface area contributed by atoms with Gasteiger partial charge < -0.3 is 5.11 Å². The van der Waals surface area contributed by atoms with Gasteiger partial charge in [0.25, 0.3) is 10.0 Å². The van der Waals surface area contributed by atoms with Crippen LogP contribution in [0.4, 0.5) is 5.13 Å². The second kappa shape index (κ2) is 5.60. The zero-order chi connectivity index (χ0) is 14.9. The summed E-state index contributed by atoms with van der Waals surface area (Å²) in [4.78, 5) is 10.7. The zero-order valence-corrected chi connectivity index (χ0v) is 13.2. The number of aromatic carboxylic acids is 1. The highest BCUT2D eigenvalue weighted by molar-refractivity contribution is 9.10. The number of carbonyl (C=O) groups is 1. The second-order valence-corrected chi connectivity index (χ2v) is 6.99. The number of hydrogen-bond acceptors (Lipinski definition) is 7. The van der Waals surface area contributed by atoms with Crippen LogP contribution in [0.2, 0.25) is 5.02 Å². The first-order chi connectivity index (χ1) is 9.31. The van der Waals surface area contributed by atoms with Gasteiger partial charge in [-0.15, -0.1) is 0 Å². The Balaban J connectivity index is 2.49. The van der Waals surface area contributed by atoms with E-state index in [1.165, 1.54) is 6.07 Å². The van der Waals surface area contributed by atoms with E-state index in [1.807, 2.05) is 0 Å². The number of anilines is 1. The minimum Gasteiger partial charge on any atom is -0.478 e. The Kier molecular flexibility index (Phi) is 4.22. The lowest BCUT2D eigenvalue weighted by atomic mass is 10.2. The molecule has 1 aromatic heterocycles. The van der Waals surface area contributed by atoms with Gasteiger partial charge in [-0.25, -0.2) is 13.2 Å². The number of nitrogens with zero attached hydrogens (tertiary/aromatic N) is 3. The van der Waals surface area contributed by atoms with Crippen LogP contribution < -0.4 is 4.72 Å². The van der Waals surface area contributed by atoms with Crippen LogP contribution >= 0.6 is 39.1 Å². The summed E-state index contributed by atoms with van der Waals surface area (Å²) >= 11 is 9.54. The van der Waals surface area contributed by atoms with Gasteiger partial charge in [0.05, 0.1) is 15.5 Å². The average Bonchev–Trinajstić information content (AvgIpc) is 2.83.